The summed E-state index contributed by atoms with van der Waals surface area (Å²) in [6.07, 6.45) is 0. The zero-order valence-electron chi connectivity index (χ0n) is 52.5. The fourth-order valence-corrected chi connectivity index (χ4v) is 15.5. The predicted molar refractivity (Wildman–Crippen MR) is 396 cm³/mol. The maximum absolute atomic E-state index is 7.44. The van der Waals surface area contributed by atoms with Crippen molar-refractivity contribution in [1.82, 2.24) is 0 Å². The number of anilines is 6. The molecule has 18 rings (SSSR count). The van der Waals surface area contributed by atoms with E-state index in [1.807, 2.05) is 0 Å². The Bertz CT molecular complexity index is 5750. The lowest BCUT2D eigenvalue weighted by Crippen LogP contribution is -2.29. The number of hydrogen-bond donors (Lipinski definition) is 0. The van der Waals surface area contributed by atoms with Gasteiger partial charge in [-0.3, -0.25) is 0 Å². The maximum Gasteiger partial charge on any atom is 0.159 e. The molecular formula is C91H62N2O2. The molecule has 1 aliphatic rings. The smallest absolute Gasteiger partial charge is 0.159 e. The van der Waals surface area contributed by atoms with Crippen molar-refractivity contribution in [2.45, 2.75) is 19.3 Å². The first-order valence-corrected chi connectivity index (χ1v) is 32.7. The summed E-state index contributed by atoms with van der Waals surface area (Å²) >= 11 is 0. The minimum absolute atomic E-state index is 0.813. The Morgan fingerprint density at radius 3 is 1.13 bits per heavy atom. The van der Waals surface area contributed by atoms with E-state index in [1.54, 1.807) is 0 Å². The fourth-order valence-electron chi connectivity index (χ4n) is 15.5. The van der Waals surface area contributed by atoms with Gasteiger partial charge in [0.25, 0.3) is 0 Å². The molecule has 1 aliphatic carbocycles. The molecule has 0 unspecified atom stereocenters. The van der Waals surface area contributed by atoms with E-state index in [1.165, 1.54) is 33.4 Å². The zero-order valence-corrected chi connectivity index (χ0v) is 52.5. The molecular weight excluding hydrogens is 1150 g/mol. The van der Waals surface area contributed by atoms with Crippen molar-refractivity contribution in [2.75, 3.05) is 9.80 Å². The zero-order chi connectivity index (χ0) is 63.1. The molecule has 0 aliphatic heterocycles. The molecule has 2 aromatic heterocycles. The Morgan fingerprint density at radius 2 is 0.621 bits per heavy atom. The van der Waals surface area contributed by atoms with Crippen LogP contribution in [0.25, 0.3) is 110 Å². The standard InChI is InChI=1S/C91H62N2O2/c1-59-25-15-17-35-70(59)74-39-21-41-76-78-43-23-45-83(89(78)94-87(74)76)92(67-51-47-63(48-52-67)61-27-7-3-8-28-61)69-55-56-80-81(57-69)91(65-31-11-5-12-32-65,66-33-13-6-14-34-66)82-58-85(72-37-19-20-38-73(72)86(80)82)93(68-53-49-64(50-54-68)62-29-9-4-10-30-62)84-46-24-44-79-77-42-22-40-75(88(77)95-90(79)84)71-36-18-16-26-60(71)2/h3-58H,1-2H3. The van der Waals surface area contributed by atoms with Crippen molar-refractivity contribution in [3.8, 4) is 55.6 Å². The number of rotatable bonds is 12. The van der Waals surface area contributed by atoms with Crippen molar-refractivity contribution in [3.63, 3.8) is 0 Å². The average molecular weight is 1220 g/mol. The second kappa shape index (κ2) is 22.6. The van der Waals surface area contributed by atoms with Crippen LogP contribution in [0.2, 0.25) is 0 Å². The molecule has 95 heavy (non-hydrogen) atoms. The minimum atomic E-state index is -0.852. The normalized spacial score (nSPS) is 12.4. The van der Waals surface area contributed by atoms with Crippen LogP contribution in [0.3, 0.4) is 0 Å². The molecule has 0 radical (unpaired) electrons. The topological polar surface area (TPSA) is 32.8 Å². The quantitative estimate of drug-likeness (QED) is 0.122. The van der Waals surface area contributed by atoms with Crippen LogP contribution >= 0.6 is 0 Å². The number of para-hydroxylation sites is 4. The van der Waals surface area contributed by atoms with Gasteiger partial charge in [-0.1, -0.05) is 285 Å². The van der Waals surface area contributed by atoms with Gasteiger partial charge in [-0.05, 0) is 152 Å². The van der Waals surface area contributed by atoms with Crippen LogP contribution in [0.4, 0.5) is 34.1 Å². The Kier molecular flexibility index (Phi) is 13.2. The van der Waals surface area contributed by atoms with E-state index in [-0.39, 0.29) is 0 Å². The van der Waals surface area contributed by atoms with Crippen LogP contribution in [0.1, 0.15) is 33.4 Å². The van der Waals surface area contributed by atoms with Crippen LogP contribution in [0, 0.1) is 13.8 Å². The summed E-state index contributed by atoms with van der Waals surface area (Å²) in [5, 5.41) is 6.52. The average Bonchev–Trinajstić information content (AvgIpc) is 1.53. The largest absolute Gasteiger partial charge is 0.453 e. The van der Waals surface area contributed by atoms with Crippen molar-refractivity contribution >= 4 is 88.8 Å². The van der Waals surface area contributed by atoms with E-state index in [0.717, 1.165) is 144 Å². The lowest BCUT2D eigenvalue weighted by atomic mass is 9.67. The van der Waals surface area contributed by atoms with E-state index in [2.05, 4.69) is 363 Å². The van der Waals surface area contributed by atoms with E-state index in [0.29, 0.717) is 0 Å². The molecule has 2 heterocycles. The van der Waals surface area contributed by atoms with Crippen molar-refractivity contribution in [1.29, 1.82) is 0 Å². The van der Waals surface area contributed by atoms with Crippen molar-refractivity contribution in [3.05, 3.63) is 373 Å². The second-order valence-corrected chi connectivity index (χ2v) is 25.1. The molecule has 0 atom stereocenters. The first kappa shape index (κ1) is 55.6. The van der Waals surface area contributed by atoms with Gasteiger partial charge in [-0.15, -0.1) is 0 Å². The van der Waals surface area contributed by atoms with Gasteiger partial charge in [0.05, 0.1) is 22.5 Å². The third kappa shape index (κ3) is 8.90. The third-order valence-electron chi connectivity index (χ3n) is 19.8. The van der Waals surface area contributed by atoms with E-state index >= 15 is 0 Å². The molecule has 448 valence electrons. The Balaban J connectivity index is 0.907. The molecule has 0 fully saturated rings. The van der Waals surface area contributed by atoms with Gasteiger partial charge in [0.15, 0.2) is 11.2 Å². The highest BCUT2D eigenvalue weighted by molar-refractivity contribution is 6.17. The molecule has 0 amide bonds. The first-order chi connectivity index (χ1) is 47.0. The van der Waals surface area contributed by atoms with Crippen LogP contribution < -0.4 is 9.80 Å². The summed E-state index contributed by atoms with van der Waals surface area (Å²) in [4.78, 5) is 4.88. The second-order valence-electron chi connectivity index (χ2n) is 25.1. The van der Waals surface area contributed by atoms with Crippen LogP contribution in [0.15, 0.2) is 349 Å². The summed E-state index contributed by atoms with van der Waals surface area (Å²) in [6.45, 7) is 4.35. The molecule has 4 nitrogen and oxygen atoms in total. The highest BCUT2D eigenvalue weighted by Gasteiger charge is 2.48. The van der Waals surface area contributed by atoms with Crippen LogP contribution in [-0.2, 0) is 5.41 Å². The highest BCUT2D eigenvalue weighted by Crippen LogP contribution is 2.61. The summed E-state index contributed by atoms with van der Waals surface area (Å²) in [6, 6.07) is 124. The predicted octanol–water partition coefficient (Wildman–Crippen LogP) is 25.2. The molecule has 0 spiro atoms. The minimum Gasteiger partial charge on any atom is -0.453 e. The molecule has 0 saturated carbocycles. The lowest BCUT2D eigenvalue weighted by Gasteiger charge is -2.36. The SMILES string of the molecule is Cc1ccccc1-c1cccc2c1oc1c(N(c3ccc(-c4ccccc4)cc3)c3ccc4c(c3)C(c3ccccc3)(c3ccccc3)c3cc(N(c5ccc(-c6ccccc6)cc5)c5cccc6c5oc5c(-c7ccccc7C)cccc56)c5ccccc5c3-4)cccc12. The molecule has 15 aromatic carbocycles. The summed E-state index contributed by atoms with van der Waals surface area (Å²) < 4.78 is 14.8. The maximum atomic E-state index is 7.44. The van der Waals surface area contributed by atoms with E-state index < -0.39 is 5.41 Å². The van der Waals surface area contributed by atoms with Gasteiger partial charge >= 0.3 is 0 Å². The Hall–Kier alpha value is -12.2. The summed E-state index contributed by atoms with van der Waals surface area (Å²) in [7, 11) is 0. The highest BCUT2D eigenvalue weighted by atomic mass is 16.3. The number of furan rings is 2. The Morgan fingerprint density at radius 1 is 0.242 bits per heavy atom. The molecule has 0 saturated heterocycles. The number of benzene rings is 15. The van der Waals surface area contributed by atoms with Gasteiger partial charge in [0, 0.05) is 55.1 Å². The number of fused-ring (bicyclic) bond motifs is 11. The van der Waals surface area contributed by atoms with Crippen LogP contribution in [-0.4, -0.2) is 0 Å². The van der Waals surface area contributed by atoms with Crippen LogP contribution in [0.5, 0.6) is 0 Å². The van der Waals surface area contributed by atoms with Crippen molar-refractivity contribution in [2.24, 2.45) is 0 Å². The third-order valence-corrected chi connectivity index (χ3v) is 19.8. The number of hydrogen-bond acceptors (Lipinski definition) is 4. The molecule has 0 N–H and O–H groups in total. The van der Waals surface area contributed by atoms with Gasteiger partial charge in [-0.2, -0.15) is 0 Å². The summed E-state index contributed by atoms with van der Waals surface area (Å²) in [5.74, 6) is 0. The van der Waals surface area contributed by atoms with Gasteiger partial charge in [-0.25, -0.2) is 0 Å². The monoisotopic (exact) mass is 1210 g/mol. The van der Waals surface area contributed by atoms with E-state index in [9.17, 15) is 0 Å². The first-order valence-electron chi connectivity index (χ1n) is 32.7. The van der Waals surface area contributed by atoms with Crippen molar-refractivity contribution < 1.29 is 8.83 Å². The Labute approximate surface area is 552 Å². The molecule has 0 bridgehead atoms. The molecule has 17 aromatic rings. The fraction of sp³-hybridized carbons (Fsp3) is 0.0330. The van der Waals surface area contributed by atoms with E-state index in [4.69, 9.17) is 8.83 Å². The van der Waals surface area contributed by atoms with Gasteiger partial charge < -0.3 is 18.6 Å². The number of aryl methyl sites for hydroxylation is 2. The van der Waals surface area contributed by atoms with Gasteiger partial charge in [0.2, 0.25) is 0 Å². The summed E-state index contributed by atoms with van der Waals surface area (Å²) in [5.41, 5.74) is 26.9. The van der Waals surface area contributed by atoms with Gasteiger partial charge in [0.1, 0.15) is 11.2 Å². The molecule has 4 heteroatoms. The number of nitrogens with zero attached hydrogens (tertiary/aromatic N) is 2. The lowest BCUT2D eigenvalue weighted by molar-refractivity contribution is 0.670.